The van der Waals surface area contributed by atoms with Crippen LogP contribution in [0.25, 0.3) is 0 Å². The van der Waals surface area contributed by atoms with Crippen molar-refractivity contribution < 1.29 is 14.7 Å². The van der Waals surface area contributed by atoms with Gasteiger partial charge in [-0.2, -0.15) is 0 Å². The van der Waals surface area contributed by atoms with Crippen molar-refractivity contribution in [3.05, 3.63) is 0 Å². The van der Waals surface area contributed by atoms with Crippen LogP contribution < -0.4 is 5.32 Å². The van der Waals surface area contributed by atoms with E-state index in [0.29, 0.717) is 13.1 Å². The van der Waals surface area contributed by atoms with E-state index in [1.807, 2.05) is 20.8 Å². The number of aliphatic carboxylic acids is 1. The van der Waals surface area contributed by atoms with Gasteiger partial charge in [-0.05, 0) is 20.3 Å². The number of carbonyl (C=O) groups excluding carboxylic acids is 1. The molecule has 1 saturated heterocycles. The summed E-state index contributed by atoms with van der Waals surface area (Å²) < 4.78 is 0. The highest BCUT2D eigenvalue weighted by molar-refractivity contribution is 5.76. The summed E-state index contributed by atoms with van der Waals surface area (Å²) in [6, 6.07) is -0.0894. The number of carboxylic acid groups (broad SMARTS) is 1. The molecule has 5 heteroatoms. The minimum atomic E-state index is -0.793. The minimum Gasteiger partial charge on any atom is -0.481 e. The van der Waals surface area contributed by atoms with Crippen LogP contribution in [-0.2, 0) is 4.79 Å². The van der Waals surface area contributed by atoms with Crippen LogP contribution in [0.2, 0.25) is 0 Å². The van der Waals surface area contributed by atoms with Crippen LogP contribution in [0.3, 0.4) is 0 Å². The Morgan fingerprint density at radius 3 is 2.44 bits per heavy atom. The molecule has 1 aliphatic rings. The summed E-state index contributed by atoms with van der Waals surface area (Å²) in [5.41, 5.74) is -0.199. The summed E-state index contributed by atoms with van der Waals surface area (Å²) in [7, 11) is 0. The van der Waals surface area contributed by atoms with Gasteiger partial charge in [0.1, 0.15) is 0 Å². The van der Waals surface area contributed by atoms with E-state index in [1.165, 1.54) is 0 Å². The Hall–Kier alpha value is -1.26. The second kappa shape index (κ2) is 4.72. The van der Waals surface area contributed by atoms with Crippen LogP contribution in [0, 0.1) is 5.92 Å². The quantitative estimate of drug-likeness (QED) is 0.761. The van der Waals surface area contributed by atoms with E-state index in [-0.39, 0.29) is 23.9 Å². The van der Waals surface area contributed by atoms with E-state index in [0.717, 1.165) is 6.42 Å². The number of hydrogen-bond donors (Lipinski definition) is 2. The molecule has 0 radical (unpaired) electrons. The van der Waals surface area contributed by atoms with Gasteiger partial charge in [0, 0.05) is 24.5 Å². The van der Waals surface area contributed by atoms with Gasteiger partial charge in [-0.15, -0.1) is 0 Å². The zero-order valence-corrected chi connectivity index (χ0v) is 10.1. The number of amides is 2. The third-order valence-corrected chi connectivity index (χ3v) is 3.04. The largest absolute Gasteiger partial charge is 0.481 e. The molecule has 16 heavy (non-hydrogen) atoms. The Bertz CT molecular complexity index is 283. The molecular formula is C11H20N2O3. The topological polar surface area (TPSA) is 69.6 Å². The summed E-state index contributed by atoms with van der Waals surface area (Å²) >= 11 is 0. The van der Waals surface area contributed by atoms with Crippen LogP contribution in [0.4, 0.5) is 4.79 Å². The van der Waals surface area contributed by atoms with E-state index in [9.17, 15) is 9.59 Å². The Morgan fingerprint density at radius 2 is 2.00 bits per heavy atom. The third kappa shape index (κ3) is 3.40. The highest BCUT2D eigenvalue weighted by Crippen LogP contribution is 2.20. The summed E-state index contributed by atoms with van der Waals surface area (Å²) in [6.07, 6.45) is 1.02. The lowest BCUT2D eigenvalue weighted by Gasteiger charge is -2.40. The first-order valence-corrected chi connectivity index (χ1v) is 5.63. The van der Waals surface area contributed by atoms with Crippen LogP contribution in [-0.4, -0.2) is 40.6 Å². The Morgan fingerprint density at radius 1 is 1.44 bits per heavy atom. The molecule has 5 nitrogen and oxygen atoms in total. The molecule has 0 unspecified atom stereocenters. The summed E-state index contributed by atoms with van der Waals surface area (Å²) in [6.45, 7) is 7.07. The minimum absolute atomic E-state index is 0.0894. The van der Waals surface area contributed by atoms with Crippen LogP contribution >= 0.6 is 0 Å². The molecular weight excluding hydrogens is 208 g/mol. The fourth-order valence-electron chi connectivity index (χ4n) is 1.57. The molecule has 1 aliphatic heterocycles. The van der Waals surface area contributed by atoms with Crippen molar-refractivity contribution in [3.63, 3.8) is 0 Å². The SMILES string of the molecule is CCC(C)(C)NC(=O)N1CC(CC(=O)O)C1. The first kappa shape index (κ1) is 12.8. The predicted molar refractivity (Wildman–Crippen MR) is 60.2 cm³/mol. The van der Waals surface area contributed by atoms with E-state index < -0.39 is 5.97 Å². The second-order valence-corrected chi connectivity index (χ2v) is 5.04. The molecule has 0 saturated carbocycles. The Balaban J connectivity index is 2.30. The predicted octanol–water partition coefficient (Wildman–Crippen LogP) is 1.29. The van der Waals surface area contributed by atoms with Crippen LogP contribution in [0.15, 0.2) is 0 Å². The fourth-order valence-corrected chi connectivity index (χ4v) is 1.57. The van der Waals surface area contributed by atoms with Gasteiger partial charge < -0.3 is 15.3 Å². The van der Waals surface area contributed by atoms with Gasteiger partial charge in [0.2, 0.25) is 0 Å². The monoisotopic (exact) mass is 228 g/mol. The third-order valence-electron chi connectivity index (χ3n) is 3.04. The number of urea groups is 1. The van der Waals surface area contributed by atoms with Crippen molar-refractivity contribution in [2.24, 2.45) is 5.92 Å². The molecule has 0 aromatic carbocycles. The molecule has 2 amide bonds. The molecule has 1 fully saturated rings. The van der Waals surface area contributed by atoms with Crippen molar-refractivity contribution >= 4 is 12.0 Å². The maximum atomic E-state index is 11.7. The van der Waals surface area contributed by atoms with Gasteiger partial charge in [0.05, 0.1) is 6.42 Å². The maximum absolute atomic E-state index is 11.7. The van der Waals surface area contributed by atoms with Crippen molar-refractivity contribution in [3.8, 4) is 0 Å². The summed E-state index contributed by atoms with van der Waals surface area (Å²) in [4.78, 5) is 23.8. The molecule has 0 atom stereocenters. The summed E-state index contributed by atoms with van der Waals surface area (Å²) in [5.74, 6) is -0.674. The average Bonchev–Trinajstić information content (AvgIpc) is 2.09. The number of carbonyl (C=O) groups is 2. The smallest absolute Gasteiger partial charge is 0.317 e. The molecule has 2 N–H and O–H groups in total. The van der Waals surface area contributed by atoms with Crippen molar-refractivity contribution in [1.82, 2.24) is 10.2 Å². The molecule has 0 aromatic heterocycles. The highest BCUT2D eigenvalue weighted by Gasteiger charge is 2.33. The van der Waals surface area contributed by atoms with E-state index in [4.69, 9.17) is 5.11 Å². The highest BCUT2D eigenvalue weighted by atomic mass is 16.4. The van der Waals surface area contributed by atoms with Crippen molar-refractivity contribution in [2.75, 3.05) is 13.1 Å². The molecule has 92 valence electrons. The van der Waals surface area contributed by atoms with Crippen molar-refractivity contribution in [2.45, 2.75) is 39.2 Å². The number of carboxylic acids is 1. The molecule has 0 aliphatic carbocycles. The van der Waals surface area contributed by atoms with E-state index >= 15 is 0 Å². The number of nitrogens with zero attached hydrogens (tertiary/aromatic N) is 1. The van der Waals surface area contributed by atoms with Gasteiger partial charge in [-0.1, -0.05) is 6.92 Å². The zero-order chi connectivity index (χ0) is 12.3. The first-order valence-electron chi connectivity index (χ1n) is 5.63. The van der Waals surface area contributed by atoms with Gasteiger partial charge in [-0.25, -0.2) is 4.79 Å². The van der Waals surface area contributed by atoms with Gasteiger partial charge in [0.15, 0.2) is 0 Å². The average molecular weight is 228 g/mol. The van der Waals surface area contributed by atoms with Crippen LogP contribution in [0.1, 0.15) is 33.6 Å². The lowest BCUT2D eigenvalue weighted by molar-refractivity contribution is -0.139. The van der Waals surface area contributed by atoms with Gasteiger partial charge >= 0.3 is 12.0 Å². The lowest BCUT2D eigenvalue weighted by Crippen LogP contribution is -2.58. The zero-order valence-electron chi connectivity index (χ0n) is 10.1. The second-order valence-electron chi connectivity index (χ2n) is 5.04. The van der Waals surface area contributed by atoms with Gasteiger partial charge in [-0.3, -0.25) is 4.79 Å². The Kier molecular flexibility index (Phi) is 3.78. The number of nitrogens with one attached hydrogen (secondary N) is 1. The molecule has 0 bridgehead atoms. The number of rotatable bonds is 4. The maximum Gasteiger partial charge on any atom is 0.317 e. The summed E-state index contributed by atoms with van der Waals surface area (Å²) in [5, 5.41) is 11.5. The number of likely N-dealkylation sites (tertiary alicyclic amines) is 1. The standard InChI is InChI=1S/C11H20N2O3/c1-4-11(2,3)12-10(16)13-6-8(7-13)5-9(14)15/h8H,4-7H2,1-3H3,(H,12,16)(H,14,15). The van der Waals surface area contributed by atoms with E-state index in [1.54, 1.807) is 4.90 Å². The molecule has 1 heterocycles. The molecule has 0 aromatic rings. The molecule has 1 rings (SSSR count). The van der Waals surface area contributed by atoms with Gasteiger partial charge in [0.25, 0.3) is 0 Å². The fraction of sp³-hybridized carbons (Fsp3) is 0.818. The number of hydrogen-bond acceptors (Lipinski definition) is 2. The van der Waals surface area contributed by atoms with Crippen molar-refractivity contribution in [1.29, 1.82) is 0 Å². The molecule has 0 spiro atoms. The van der Waals surface area contributed by atoms with Crippen LogP contribution in [0.5, 0.6) is 0 Å². The lowest BCUT2D eigenvalue weighted by atomic mass is 9.96. The normalized spacial score (nSPS) is 16.8. The first-order chi connectivity index (χ1) is 7.34. The Labute approximate surface area is 95.8 Å². The van der Waals surface area contributed by atoms with E-state index in [2.05, 4.69) is 5.32 Å².